The quantitative estimate of drug-likeness (QED) is 0.408. The summed E-state index contributed by atoms with van der Waals surface area (Å²) in [6.45, 7) is 2.39. The van der Waals surface area contributed by atoms with E-state index in [1.807, 2.05) is 73.5 Å². The minimum Gasteiger partial charge on any atom is -0.380 e. The Balaban J connectivity index is 2.12. The van der Waals surface area contributed by atoms with Crippen molar-refractivity contribution in [2.24, 2.45) is 4.99 Å². The van der Waals surface area contributed by atoms with Crippen molar-refractivity contribution >= 4 is 41.1 Å². The molecule has 3 rings (SSSR count). The molecule has 1 atom stereocenters. The number of nitrogens with zero attached hydrogens (tertiary/aromatic N) is 2. The molecular formula is C28H29Cl3N3O+. The first-order valence-electron chi connectivity index (χ1n) is 11.2. The van der Waals surface area contributed by atoms with Gasteiger partial charge in [-0.05, 0) is 47.9 Å². The first kappa shape index (κ1) is 27.0. The summed E-state index contributed by atoms with van der Waals surface area (Å²) in [5.74, 6) is 0. The van der Waals surface area contributed by atoms with Gasteiger partial charge in [0.15, 0.2) is 6.20 Å². The highest BCUT2D eigenvalue weighted by atomic mass is 35.5. The summed E-state index contributed by atoms with van der Waals surface area (Å²) < 4.78 is 0. The number of rotatable bonds is 7. The van der Waals surface area contributed by atoms with Crippen LogP contribution in [-0.4, -0.2) is 29.9 Å². The summed E-state index contributed by atoms with van der Waals surface area (Å²) in [6.07, 6.45) is 11.5. The molecule has 182 valence electrons. The smallest absolute Gasteiger partial charge is 0.278 e. The second-order valence-electron chi connectivity index (χ2n) is 8.24. The van der Waals surface area contributed by atoms with Crippen LogP contribution in [0.15, 0.2) is 101 Å². The van der Waals surface area contributed by atoms with E-state index in [1.54, 1.807) is 37.0 Å². The van der Waals surface area contributed by atoms with Crippen molar-refractivity contribution in [1.82, 2.24) is 4.90 Å². The van der Waals surface area contributed by atoms with E-state index in [2.05, 4.69) is 9.98 Å². The molecule has 2 heterocycles. The number of aromatic amines is 1. The lowest BCUT2D eigenvalue weighted by Gasteiger charge is -2.33. The number of aliphatic hydroxyl groups is 1. The van der Waals surface area contributed by atoms with Crippen LogP contribution < -0.4 is 4.98 Å². The molecule has 0 radical (unpaired) electrons. The molecule has 1 aliphatic heterocycles. The average Bonchev–Trinajstić information content (AvgIpc) is 2.86. The third kappa shape index (κ3) is 7.42. The second kappa shape index (κ2) is 12.9. The lowest BCUT2D eigenvalue weighted by molar-refractivity contribution is -0.375. The van der Waals surface area contributed by atoms with Crippen LogP contribution in [0.25, 0.3) is 0 Å². The maximum atomic E-state index is 12.0. The van der Waals surface area contributed by atoms with E-state index in [-0.39, 0.29) is 0 Å². The van der Waals surface area contributed by atoms with Crippen LogP contribution >= 0.6 is 34.8 Å². The Morgan fingerprint density at radius 2 is 1.91 bits per heavy atom. The van der Waals surface area contributed by atoms with Gasteiger partial charge in [0.1, 0.15) is 5.60 Å². The molecule has 7 heteroatoms. The molecule has 0 fully saturated rings. The topological polar surface area (TPSA) is 50.0 Å². The van der Waals surface area contributed by atoms with E-state index in [0.717, 1.165) is 16.7 Å². The van der Waals surface area contributed by atoms with E-state index in [4.69, 9.17) is 34.8 Å². The fraction of sp³-hybridized carbons (Fsp3) is 0.214. The Hall–Kier alpha value is -2.63. The Kier molecular flexibility index (Phi) is 9.93. The van der Waals surface area contributed by atoms with E-state index in [1.165, 1.54) is 0 Å². The Labute approximate surface area is 222 Å². The first-order chi connectivity index (χ1) is 16.8. The summed E-state index contributed by atoms with van der Waals surface area (Å²) in [5, 5.41) is 13.6. The number of nitrogens with one attached hydrogen (secondary N) is 1. The number of hydrogen-bond donors (Lipinski definition) is 1. The van der Waals surface area contributed by atoms with Gasteiger partial charge >= 0.3 is 0 Å². The lowest BCUT2D eigenvalue weighted by Crippen LogP contribution is -2.35. The van der Waals surface area contributed by atoms with Crippen LogP contribution in [0.3, 0.4) is 0 Å². The van der Waals surface area contributed by atoms with Gasteiger partial charge in [0.2, 0.25) is 0 Å². The minimum atomic E-state index is -1.34. The highest BCUT2D eigenvalue weighted by molar-refractivity contribution is 6.34. The Bertz CT molecular complexity index is 1210. The Morgan fingerprint density at radius 3 is 2.63 bits per heavy atom. The van der Waals surface area contributed by atoms with Crippen molar-refractivity contribution in [1.29, 1.82) is 0 Å². The number of allylic oxidation sites excluding steroid dienone is 3. The van der Waals surface area contributed by atoms with Crippen molar-refractivity contribution in [2.45, 2.75) is 25.4 Å². The molecular weight excluding hydrogens is 501 g/mol. The highest BCUT2D eigenvalue weighted by Gasteiger charge is 2.33. The zero-order valence-electron chi connectivity index (χ0n) is 19.8. The van der Waals surface area contributed by atoms with Gasteiger partial charge in [0.05, 0.1) is 16.9 Å². The van der Waals surface area contributed by atoms with Crippen LogP contribution in [0.1, 0.15) is 30.0 Å². The molecule has 4 nitrogen and oxygen atoms in total. The SMILES string of the molecule is C/C=C(Cl)\C=C/CC(O)(C1=CN=CN(C)C1)c1ccc[nH+]c(Cl)c(Cc2ccccc2)c(Cl)cc1. The van der Waals surface area contributed by atoms with Gasteiger partial charge in [-0.15, -0.1) is 0 Å². The van der Waals surface area contributed by atoms with Gasteiger partial charge < -0.3 is 10.0 Å². The van der Waals surface area contributed by atoms with E-state index in [0.29, 0.717) is 40.2 Å². The summed E-state index contributed by atoms with van der Waals surface area (Å²) in [6, 6.07) is 17.2. The zero-order chi connectivity index (χ0) is 25.3. The molecule has 0 saturated heterocycles. The number of aliphatic imine (C=N–C) groups is 1. The molecule has 35 heavy (non-hydrogen) atoms. The molecule has 1 unspecified atom stereocenters. The van der Waals surface area contributed by atoms with Crippen molar-refractivity contribution in [3.8, 4) is 0 Å². The zero-order valence-corrected chi connectivity index (χ0v) is 22.0. The maximum absolute atomic E-state index is 12.0. The van der Waals surface area contributed by atoms with Crippen LogP contribution in [0, 0.1) is 0 Å². The predicted molar refractivity (Wildman–Crippen MR) is 146 cm³/mol. The second-order valence-corrected chi connectivity index (χ2v) is 9.46. The number of H-pyrrole nitrogens is 1. The summed E-state index contributed by atoms with van der Waals surface area (Å²) >= 11 is 19.5. The van der Waals surface area contributed by atoms with Gasteiger partial charge in [-0.25, -0.2) is 9.98 Å². The third-order valence-corrected chi connectivity index (χ3v) is 6.69. The molecule has 0 bridgehead atoms. The third-order valence-electron chi connectivity index (χ3n) is 5.66. The number of hydrogen-bond acceptors (Lipinski definition) is 3. The number of benzene rings is 1. The van der Waals surface area contributed by atoms with Crippen LogP contribution in [0.5, 0.6) is 0 Å². The molecule has 0 spiro atoms. The monoisotopic (exact) mass is 528 g/mol. The van der Waals surface area contributed by atoms with Gasteiger partial charge in [0, 0.05) is 49.3 Å². The molecule has 1 aromatic carbocycles. The first-order valence-corrected chi connectivity index (χ1v) is 12.4. The molecule has 2 aromatic rings. The van der Waals surface area contributed by atoms with Crippen molar-refractivity contribution < 1.29 is 10.1 Å². The average molecular weight is 530 g/mol. The highest BCUT2D eigenvalue weighted by Crippen LogP contribution is 2.35. The number of aromatic nitrogens is 1. The minimum absolute atomic E-state index is 0.300. The van der Waals surface area contributed by atoms with Crippen molar-refractivity contribution in [2.75, 3.05) is 13.6 Å². The predicted octanol–water partition coefficient (Wildman–Crippen LogP) is 6.66. The van der Waals surface area contributed by atoms with Gasteiger partial charge in [0.25, 0.3) is 5.15 Å². The fourth-order valence-corrected chi connectivity index (χ4v) is 4.31. The van der Waals surface area contributed by atoms with Gasteiger partial charge in [-0.2, -0.15) is 0 Å². The molecule has 0 amide bonds. The van der Waals surface area contributed by atoms with Crippen LogP contribution in [0.4, 0.5) is 0 Å². The molecule has 1 aromatic heterocycles. The van der Waals surface area contributed by atoms with Crippen LogP contribution in [0.2, 0.25) is 10.2 Å². The summed E-state index contributed by atoms with van der Waals surface area (Å²) in [5.41, 5.74) is 1.92. The molecule has 0 saturated carbocycles. The van der Waals surface area contributed by atoms with Crippen LogP contribution in [-0.2, 0) is 12.0 Å². The van der Waals surface area contributed by atoms with Gasteiger partial charge in [-0.1, -0.05) is 71.8 Å². The maximum Gasteiger partial charge on any atom is 0.278 e. The van der Waals surface area contributed by atoms with E-state index < -0.39 is 5.60 Å². The standard InChI is InChI=1S/C28H28Cl3N3O/c1-3-24(29)12-7-15-28(35,23-18-32-20-34(2)19-23)22-11-8-16-33-27(31)25(26(30)14-13-22)17-21-9-5-4-6-10-21/h3-14,16,18,20,35H,15,17,19H2,1-2H3/p+1/b11-8?,12-7-,14-13?,16-8?,22-11?,22-13?,24-3+,26-14?,26-25?,27-25?,33-16?,33-27?. The van der Waals surface area contributed by atoms with E-state index in [9.17, 15) is 5.11 Å². The molecule has 0 aliphatic carbocycles. The summed E-state index contributed by atoms with van der Waals surface area (Å²) in [7, 11) is 1.91. The normalized spacial score (nSPS) is 15.5. The lowest BCUT2D eigenvalue weighted by atomic mass is 9.83. The van der Waals surface area contributed by atoms with E-state index >= 15 is 0 Å². The Morgan fingerprint density at radius 1 is 1.14 bits per heavy atom. The summed E-state index contributed by atoms with van der Waals surface area (Å²) in [4.78, 5) is 9.31. The number of halogens is 3. The molecule has 2 N–H and O–H groups in total. The van der Waals surface area contributed by atoms with Gasteiger partial charge in [-0.3, -0.25) is 0 Å². The largest absolute Gasteiger partial charge is 0.380 e. The van der Waals surface area contributed by atoms with Crippen molar-refractivity contribution in [3.63, 3.8) is 0 Å². The number of likely N-dealkylation sites (N-methyl/N-ethyl adjacent to an activating group) is 1. The fourth-order valence-electron chi connectivity index (χ4n) is 3.72. The molecule has 1 aliphatic rings. The van der Waals surface area contributed by atoms with Crippen molar-refractivity contribution in [3.05, 3.63) is 123 Å².